The van der Waals surface area contributed by atoms with E-state index >= 15 is 0 Å². The van der Waals surface area contributed by atoms with E-state index < -0.39 is 22.0 Å². The Morgan fingerprint density at radius 1 is 1.03 bits per heavy atom. The first-order valence-corrected chi connectivity index (χ1v) is 13.5. The Bertz CT molecular complexity index is 1190. The van der Waals surface area contributed by atoms with E-state index in [1.54, 1.807) is 19.1 Å². The summed E-state index contributed by atoms with van der Waals surface area (Å²) in [5.41, 5.74) is 0.969. The lowest BCUT2D eigenvalue weighted by atomic mass is 9.95. The first-order chi connectivity index (χ1) is 16.8. The first-order valence-electron chi connectivity index (χ1n) is 12.1. The van der Waals surface area contributed by atoms with Crippen molar-refractivity contribution in [3.05, 3.63) is 65.7 Å². The van der Waals surface area contributed by atoms with Crippen molar-refractivity contribution in [3.8, 4) is 0 Å². The predicted octanol–water partition coefficient (Wildman–Crippen LogP) is 3.09. The van der Waals surface area contributed by atoms with Crippen molar-refractivity contribution in [1.29, 1.82) is 0 Å². The van der Waals surface area contributed by atoms with E-state index in [2.05, 4.69) is 5.32 Å². The van der Waals surface area contributed by atoms with Crippen molar-refractivity contribution < 1.29 is 22.8 Å². The monoisotopic (exact) mass is 497 g/mol. The summed E-state index contributed by atoms with van der Waals surface area (Å²) in [5.74, 6) is -1.25. The van der Waals surface area contributed by atoms with Crippen LogP contribution in [0.25, 0.3) is 0 Å². The second-order valence-electron chi connectivity index (χ2n) is 9.16. The van der Waals surface area contributed by atoms with E-state index in [-0.39, 0.29) is 47.8 Å². The zero-order valence-electron chi connectivity index (χ0n) is 19.9. The largest absolute Gasteiger partial charge is 0.352 e. The van der Waals surface area contributed by atoms with E-state index in [1.807, 2.05) is 30.3 Å². The standard InChI is InChI=1S/C26H31N3O5S/c1-19(25(31)27-21-12-6-3-7-13-21)28(18-20-10-4-2-5-11-20)24(30)16-17-29-26(32)22-14-8-9-15-23(22)35(29,33)34/h2,4-5,8-11,14-15,19,21H,3,6-7,12-13,16-18H2,1H3,(H,27,31)/t19-/m0/s1. The summed E-state index contributed by atoms with van der Waals surface area (Å²) in [5, 5.41) is 3.08. The smallest absolute Gasteiger partial charge is 0.269 e. The molecule has 1 aliphatic carbocycles. The van der Waals surface area contributed by atoms with Gasteiger partial charge in [0.05, 0.1) is 5.56 Å². The molecule has 8 nitrogen and oxygen atoms in total. The number of carbonyl (C=O) groups is 3. The molecule has 1 atom stereocenters. The van der Waals surface area contributed by atoms with Gasteiger partial charge in [0.1, 0.15) is 10.9 Å². The van der Waals surface area contributed by atoms with Gasteiger partial charge < -0.3 is 10.2 Å². The number of benzene rings is 2. The zero-order valence-corrected chi connectivity index (χ0v) is 20.7. The van der Waals surface area contributed by atoms with Gasteiger partial charge in [-0.05, 0) is 37.5 Å². The fourth-order valence-corrected chi connectivity index (χ4v) is 6.29. The van der Waals surface area contributed by atoms with Crippen LogP contribution in [-0.4, -0.2) is 54.0 Å². The van der Waals surface area contributed by atoms with Gasteiger partial charge in [-0.1, -0.05) is 61.7 Å². The van der Waals surface area contributed by atoms with Crippen LogP contribution in [0.5, 0.6) is 0 Å². The summed E-state index contributed by atoms with van der Waals surface area (Å²) in [6, 6.07) is 14.7. The lowest BCUT2D eigenvalue weighted by molar-refractivity contribution is -0.141. The van der Waals surface area contributed by atoms with Crippen LogP contribution in [0.1, 0.15) is 61.4 Å². The molecule has 2 aromatic carbocycles. The average Bonchev–Trinajstić information content (AvgIpc) is 3.06. The summed E-state index contributed by atoms with van der Waals surface area (Å²) in [7, 11) is -4.00. The van der Waals surface area contributed by atoms with Crippen LogP contribution in [0.15, 0.2) is 59.5 Å². The van der Waals surface area contributed by atoms with E-state index in [9.17, 15) is 22.8 Å². The van der Waals surface area contributed by atoms with Crippen molar-refractivity contribution in [2.45, 2.75) is 69.0 Å². The highest BCUT2D eigenvalue weighted by Gasteiger charge is 2.41. The minimum atomic E-state index is -4.00. The van der Waals surface area contributed by atoms with Gasteiger partial charge in [-0.25, -0.2) is 12.7 Å². The van der Waals surface area contributed by atoms with Crippen molar-refractivity contribution in [2.75, 3.05) is 6.54 Å². The zero-order chi connectivity index (χ0) is 25.0. The van der Waals surface area contributed by atoms with Gasteiger partial charge in [0.25, 0.3) is 15.9 Å². The van der Waals surface area contributed by atoms with Crippen LogP contribution >= 0.6 is 0 Å². The quantitative estimate of drug-likeness (QED) is 0.604. The Hall–Kier alpha value is -3.20. The van der Waals surface area contributed by atoms with Crippen LogP contribution in [0.2, 0.25) is 0 Å². The number of carbonyl (C=O) groups excluding carboxylic acids is 3. The molecule has 35 heavy (non-hydrogen) atoms. The van der Waals surface area contributed by atoms with Crippen LogP contribution < -0.4 is 5.32 Å². The maximum atomic E-state index is 13.3. The van der Waals surface area contributed by atoms with Crippen LogP contribution in [-0.2, 0) is 26.2 Å². The Balaban J connectivity index is 1.48. The lowest BCUT2D eigenvalue weighted by Gasteiger charge is -2.31. The van der Waals surface area contributed by atoms with Gasteiger partial charge in [-0.3, -0.25) is 14.4 Å². The highest BCUT2D eigenvalue weighted by molar-refractivity contribution is 7.90. The van der Waals surface area contributed by atoms with Crippen molar-refractivity contribution in [1.82, 2.24) is 14.5 Å². The number of sulfonamides is 1. The molecule has 9 heteroatoms. The Morgan fingerprint density at radius 3 is 2.37 bits per heavy atom. The minimum absolute atomic E-state index is 0.0428. The highest BCUT2D eigenvalue weighted by atomic mass is 32.2. The maximum Gasteiger partial charge on any atom is 0.269 e. The molecule has 186 valence electrons. The van der Waals surface area contributed by atoms with Gasteiger partial charge >= 0.3 is 0 Å². The number of rotatable bonds is 8. The molecule has 3 amide bonds. The molecular weight excluding hydrogens is 466 g/mol. The molecule has 4 rings (SSSR count). The van der Waals surface area contributed by atoms with Crippen LogP contribution in [0, 0.1) is 0 Å². The number of hydrogen-bond acceptors (Lipinski definition) is 5. The molecule has 1 saturated carbocycles. The van der Waals surface area contributed by atoms with Gasteiger partial charge in [0, 0.05) is 25.6 Å². The fraction of sp³-hybridized carbons (Fsp3) is 0.423. The number of hydrogen-bond donors (Lipinski definition) is 1. The molecule has 2 aromatic rings. The highest BCUT2D eigenvalue weighted by Crippen LogP contribution is 2.30. The molecule has 2 aliphatic rings. The number of amides is 3. The molecule has 0 saturated heterocycles. The van der Waals surface area contributed by atoms with Gasteiger partial charge in [-0.15, -0.1) is 0 Å². The van der Waals surface area contributed by atoms with E-state index in [0.717, 1.165) is 35.6 Å². The number of fused-ring (bicyclic) bond motifs is 1. The third-order valence-electron chi connectivity index (χ3n) is 6.76. The Labute approximate surface area is 206 Å². The summed E-state index contributed by atoms with van der Waals surface area (Å²) in [6.45, 7) is 1.61. The second kappa shape index (κ2) is 10.6. The molecular formula is C26H31N3O5S. The molecule has 0 spiro atoms. The summed E-state index contributed by atoms with van der Waals surface area (Å²) in [4.78, 5) is 40.5. The molecule has 0 aromatic heterocycles. The third kappa shape index (κ3) is 5.40. The summed E-state index contributed by atoms with van der Waals surface area (Å²) in [6.07, 6.45) is 4.97. The lowest BCUT2D eigenvalue weighted by Crippen LogP contribution is -2.50. The van der Waals surface area contributed by atoms with Crippen LogP contribution in [0.3, 0.4) is 0 Å². The Morgan fingerprint density at radius 2 is 1.69 bits per heavy atom. The minimum Gasteiger partial charge on any atom is -0.352 e. The average molecular weight is 498 g/mol. The predicted molar refractivity (Wildman–Crippen MR) is 131 cm³/mol. The number of nitrogens with zero attached hydrogens (tertiary/aromatic N) is 2. The molecule has 1 fully saturated rings. The molecule has 1 N–H and O–H groups in total. The maximum absolute atomic E-state index is 13.3. The molecule has 1 aliphatic heterocycles. The van der Waals surface area contributed by atoms with E-state index in [4.69, 9.17) is 0 Å². The van der Waals surface area contributed by atoms with E-state index in [0.29, 0.717) is 0 Å². The van der Waals surface area contributed by atoms with Crippen molar-refractivity contribution >= 4 is 27.7 Å². The van der Waals surface area contributed by atoms with Gasteiger partial charge in [-0.2, -0.15) is 0 Å². The normalized spacial score (nSPS) is 18.1. The second-order valence-corrected chi connectivity index (χ2v) is 11.0. The molecule has 0 unspecified atom stereocenters. The Kier molecular flexibility index (Phi) is 7.54. The van der Waals surface area contributed by atoms with Gasteiger partial charge in [0.15, 0.2) is 0 Å². The topological polar surface area (TPSA) is 104 Å². The van der Waals surface area contributed by atoms with Crippen LogP contribution in [0.4, 0.5) is 0 Å². The van der Waals surface area contributed by atoms with Crippen molar-refractivity contribution in [3.63, 3.8) is 0 Å². The molecule has 1 heterocycles. The summed E-state index contributed by atoms with van der Waals surface area (Å²) >= 11 is 0. The van der Waals surface area contributed by atoms with E-state index in [1.165, 1.54) is 23.5 Å². The molecule has 0 radical (unpaired) electrons. The number of nitrogens with one attached hydrogen (secondary N) is 1. The fourth-order valence-electron chi connectivity index (χ4n) is 4.72. The van der Waals surface area contributed by atoms with Gasteiger partial charge in [0.2, 0.25) is 11.8 Å². The first kappa shape index (κ1) is 24.9. The van der Waals surface area contributed by atoms with Crippen molar-refractivity contribution in [2.24, 2.45) is 0 Å². The summed E-state index contributed by atoms with van der Waals surface area (Å²) < 4.78 is 26.4. The SMILES string of the molecule is C[C@@H](C(=O)NC1CCCCC1)N(Cc1ccccc1)C(=O)CCN1C(=O)c2ccccc2S1(=O)=O. The molecule has 0 bridgehead atoms. The third-order valence-corrected chi connectivity index (χ3v) is 8.60.